The van der Waals surface area contributed by atoms with E-state index in [0.717, 1.165) is 30.0 Å². The summed E-state index contributed by atoms with van der Waals surface area (Å²) in [5.41, 5.74) is 4.60. The van der Waals surface area contributed by atoms with E-state index in [2.05, 4.69) is 49.2 Å². The molecule has 0 unspecified atom stereocenters. The molecule has 1 aromatic carbocycles. The monoisotopic (exact) mass is 311 g/mol. The number of hydrogen-bond acceptors (Lipinski definition) is 2. The van der Waals surface area contributed by atoms with Gasteiger partial charge in [0.05, 0.1) is 6.61 Å². The van der Waals surface area contributed by atoms with Crippen LogP contribution >= 0.6 is 0 Å². The summed E-state index contributed by atoms with van der Waals surface area (Å²) in [6, 6.07) is 10.6. The Hall–Kier alpha value is -1.83. The van der Waals surface area contributed by atoms with Gasteiger partial charge in [0.15, 0.2) is 0 Å². The van der Waals surface area contributed by atoms with Gasteiger partial charge in [0.2, 0.25) is 0 Å². The molecule has 0 bridgehead atoms. The molecule has 1 heterocycles. The number of nitrogens with zero attached hydrogens (tertiary/aromatic N) is 1. The molecule has 23 heavy (non-hydrogen) atoms. The number of aromatic nitrogens is 1. The Morgan fingerprint density at radius 3 is 2.48 bits per heavy atom. The average Bonchev–Trinajstić information content (AvgIpc) is 2.54. The van der Waals surface area contributed by atoms with Gasteiger partial charge >= 0.3 is 0 Å². The van der Waals surface area contributed by atoms with Crippen molar-refractivity contribution in [3.05, 3.63) is 47.8 Å². The van der Waals surface area contributed by atoms with E-state index in [1.807, 2.05) is 13.1 Å². The molecule has 0 saturated heterocycles. The second kappa shape index (κ2) is 9.34. The molecule has 0 spiro atoms. The van der Waals surface area contributed by atoms with E-state index in [1.54, 1.807) is 0 Å². The Bertz CT molecular complexity index is 607. The molecule has 2 aromatic rings. The molecule has 0 N–H and O–H groups in total. The molecule has 0 aliphatic rings. The van der Waals surface area contributed by atoms with E-state index in [0.29, 0.717) is 0 Å². The van der Waals surface area contributed by atoms with Crippen LogP contribution in [0.5, 0.6) is 5.75 Å². The molecule has 0 atom stereocenters. The van der Waals surface area contributed by atoms with Crippen LogP contribution in [0.1, 0.15) is 56.7 Å². The van der Waals surface area contributed by atoms with Gasteiger partial charge in [-0.2, -0.15) is 0 Å². The fraction of sp³-hybridized carbons (Fsp3) is 0.476. The van der Waals surface area contributed by atoms with Crippen LogP contribution in [-0.4, -0.2) is 11.6 Å². The predicted octanol–water partition coefficient (Wildman–Crippen LogP) is 6.10. The lowest BCUT2D eigenvalue weighted by molar-refractivity contribution is 0.305. The first-order valence-corrected chi connectivity index (χ1v) is 8.87. The van der Waals surface area contributed by atoms with Crippen molar-refractivity contribution in [3.63, 3.8) is 0 Å². The van der Waals surface area contributed by atoms with Crippen molar-refractivity contribution in [1.29, 1.82) is 0 Å². The summed E-state index contributed by atoms with van der Waals surface area (Å²) >= 11 is 0. The Balaban J connectivity index is 1.97. The summed E-state index contributed by atoms with van der Waals surface area (Å²) < 4.78 is 6.10. The smallest absolute Gasteiger partial charge is 0.127 e. The fourth-order valence-electron chi connectivity index (χ4n) is 2.77. The van der Waals surface area contributed by atoms with Crippen LogP contribution in [0.3, 0.4) is 0 Å². The highest BCUT2D eigenvalue weighted by atomic mass is 16.5. The van der Waals surface area contributed by atoms with Crippen molar-refractivity contribution < 1.29 is 4.74 Å². The molecule has 2 nitrogen and oxygen atoms in total. The molecule has 2 rings (SSSR count). The summed E-state index contributed by atoms with van der Waals surface area (Å²) in [4.78, 5) is 4.28. The zero-order valence-corrected chi connectivity index (χ0v) is 14.8. The lowest BCUT2D eigenvalue weighted by Gasteiger charge is -2.13. The van der Waals surface area contributed by atoms with E-state index in [1.165, 1.54) is 43.2 Å². The van der Waals surface area contributed by atoms with E-state index in [4.69, 9.17) is 4.74 Å². The highest BCUT2D eigenvalue weighted by Gasteiger charge is 2.07. The minimum absolute atomic E-state index is 0.798. The number of ether oxygens (including phenoxy) is 1. The molecule has 0 saturated carbocycles. The van der Waals surface area contributed by atoms with Crippen LogP contribution in [0.2, 0.25) is 0 Å². The first-order valence-electron chi connectivity index (χ1n) is 8.87. The van der Waals surface area contributed by atoms with Gasteiger partial charge in [-0.1, -0.05) is 51.2 Å². The van der Waals surface area contributed by atoms with Crippen molar-refractivity contribution in [2.75, 3.05) is 6.61 Å². The first kappa shape index (κ1) is 17.5. The van der Waals surface area contributed by atoms with Crippen LogP contribution in [0, 0.1) is 13.8 Å². The van der Waals surface area contributed by atoms with Gasteiger partial charge in [-0.05, 0) is 49.6 Å². The highest BCUT2D eigenvalue weighted by Crippen LogP contribution is 2.31. The first-order chi connectivity index (χ1) is 11.2. The molecule has 2 heteroatoms. The van der Waals surface area contributed by atoms with Crippen LogP contribution in [0.15, 0.2) is 36.5 Å². The Morgan fingerprint density at radius 2 is 1.70 bits per heavy atom. The van der Waals surface area contributed by atoms with Crippen molar-refractivity contribution in [2.45, 2.75) is 59.3 Å². The van der Waals surface area contributed by atoms with E-state index < -0.39 is 0 Å². The quantitative estimate of drug-likeness (QED) is 0.522. The number of unbranched alkanes of at least 4 members (excludes halogenated alkanes) is 5. The van der Waals surface area contributed by atoms with Gasteiger partial charge in [0, 0.05) is 17.5 Å². The lowest BCUT2D eigenvalue weighted by Crippen LogP contribution is -1.99. The number of pyridine rings is 1. The molecule has 0 fully saturated rings. The Kier molecular flexibility index (Phi) is 7.12. The summed E-state index contributed by atoms with van der Waals surface area (Å²) in [5, 5.41) is 0. The summed E-state index contributed by atoms with van der Waals surface area (Å²) in [6.07, 6.45) is 9.58. The molecule has 0 aliphatic carbocycles. The SMILES string of the molecule is CCCCCCCCOc1cc(C)ccc1-c1ccnc(C)c1. The van der Waals surface area contributed by atoms with Gasteiger partial charge in [-0.15, -0.1) is 0 Å². The minimum atomic E-state index is 0.798. The molecular weight excluding hydrogens is 282 g/mol. The van der Waals surface area contributed by atoms with Crippen molar-refractivity contribution in [3.8, 4) is 16.9 Å². The molecule has 1 aromatic heterocycles. The van der Waals surface area contributed by atoms with Gasteiger partial charge in [-0.25, -0.2) is 0 Å². The standard InChI is InChI=1S/C21H29NO/c1-4-5-6-7-8-9-14-23-21-15-17(2)10-11-20(21)19-12-13-22-18(3)16-19/h10-13,15-16H,4-9,14H2,1-3H3. The van der Waals surface area contributed by atoms with E-state index >= 15 is 0 Å². The maximum Gasteiger partial charge on any atom is 0.127 e. The van der Waals surface area contributed by atoms with Crippen LogP contribution in [0.4, 0.5) is 0 Å². The van der Waals surface area contributed by atoms with Crippen molar-refractivity contribution in [1.82, 2.24) is 4.98 Å². The number of benzene rings is 1. The van der Waals surface area contributed by atoms with Crippen molar-refractivity contribution in [2.24, 2.45) is 0 Å². The predicted molar refractivity (Wildman–Crippen MR) is 98.0 cm³/mol. The summed E-state index contributed by atoms with van der Waals surface area (Å²) in [6.45, 7) is 7.18. The molecule has 0 amide bonds. The minimum Gasteiger partial charge on any atom is -0.493 e. The maximum atomic E-state index is 6.10. The van der Waals surface area contributed by atoms with Crippen molar-refractivity contribution >= 4 is 0 Å². The molecule has 0 aliphatic heterocycles. The third kappa shape index (κ3) is 5.70. The van der Waals surface area contributed by atoms with Crippen LogP contribution in [0.25, 0.3) is 11.1 Å². The van der Waals surface area contributed by atoms with Gasteiger partial charge in [-0.3, -0.25) is 4.98 Å². The fourth-order valence-corrected chi connectivity index (χ4v) is 2.77. The third-order valence-electron chi connectivity index (χ3n) is 4.10. The second-order valence-electron chi connectivity index (χ2n) is 6.30. The van der Waals surface area contributed by atoms with Gasteiger partial charge in [0.25, 0.3) is 0 Å². The number of rotatable bonds is 9. The van der Waals surface area contributed by atoms with E-state index in [-0.39, 0.29) is 0 Å². The molecular formula is C21H29NO. The van der Waals surface area contributed by atoms with E-state index in [9.17, 15) is 0 Å². The number of aryl methyl sites for hydroxylation is 2. The zero-order valence-electron chi connectivity index (χ0n) is 14.8. The number of hydrogen-bond donors (Lipinski definition) is 0. The topological polar surface area (TPSA) is 22.1 Å². The summed E-state index contributed by atoms with van der Waals surface area (Å²) in [5.74, 6) is 0.990. The molecule has 124 valence electrons. The van der Waals surface area contributed by atoms with Crippen LogP contribution < -0.4 is 4.74 Å². The van der Waals surface area contributed by atoms with Gasteiger partial charge in [0.1, 0.15) is 5.75 Å². The third-order valence-corrected chi connectivity index (χ3v) is 4.10. The Morgan fingerprint density at radius 1 is 0.913 bits per heavy atom. The Labute approximate surface area is 140 Å². The normalized spacial score (nSPS) is 10.7. The van der Waals surface area contributed by atoms with Gasteiger partial charge < -0.3 is 4.74 Å². The largest absolute Gasteiger partial charge is 0.493 e. The molecule has 0 radical (unpaired) electrons. The average molecular weight is 311 g/mol. The summed E-state index contributed by atoms with van der Waals surface area (Å²) in [7, 11) is 0. The second-order valence-corrected chi connectivity index (χ2v) is 6.30. The lowest BCUT2D eigenvalue weighted by atomic mass is 10.0. The zero-order chi connectivity index (χ0) is 16.5. The van der Waals surface area contributed by atoms with Crippen LogP contribution in [-0.2, 0) is 0 Å². The maximum absolute atomic E-state index is 6.10. The highest BCUT2D eigenvalue weighted by molar-refractivity contribution is 5.70.